The Labute approximate surface area is 176 Å². The molecule has 30 heavy (non-hydrogen) atoms. The van der Waals surface area contributed by atoms with Crippen LogP contribution in [0.4, 0.5) is 0 Å². The molecule has 2 amide bonds. The fraction of sp³-hybridized carbons (Fsp3) is 0.522. The number of hydrogen-bond donors (Lipinski definition) is 1. The molecule has 160 valence electrons. The Hall–Kier alpha value is -2.67. The van der Waals surface area contributed by atoms with E-state index in [1.165, 1.54) is 0 Å². The monoisotopic (exact) mass is 411 g/mol. The van der Waals surface area contributed by atoms with E-state index in [0.717, 1.165) is 31.2 Å². The normalized spacial score (nSPS) is 23.5. The molecule has 1 aliphatic heterocycles. The zero-order chi connectivity index (χ0) is 21.1. The van der Waals surface area contributed by atoms with Crippen LogP contribution in [-0.2, 0) is 22.7 Å². The summed E-state index contributed by atoms with van der Waals surface area (Å²) in [6.07, 6.45) is 4.39. The maximum atomic E-state index is 12.8. The van der Waals surface area contributed by atoms with Gasteiger partial charge in [-0.3, -0.25) is 9.59 Å². The van der Waals surface area contributed by atoms with Crippen LogP contribution < -0.4 is 5.32 Å². The summed E-state index contributed by atoms with van der Waals surface area (Å²) in [5.41, 5.74) is 2.02. The van der Waals surface area contributed by atoms with E-state index in [2.05, 4.69) is 22.6 Å². The Bertz CT molecular complexity index is 910. The Kier molecular flexibility index (Phi) is 5.90. The van der Waals surface area contributed by atoms with Crippen molar-refractivity contribution in [1.29, 1.82) is 0 Å². The number of benzene rings is 1. The average Bonchev–Trinajstić information content (AvgIpc) is 3.34. The minimum atomic E-state index is -0.245. The van der Waals surface area contributed by atoms with E-state index in [1.807, 2.05) is 23.1 Å². The zero-order valence-electron chi connectivity index (χ0n) is 17.6. The van der Waals surface area contributed by atoms with E-state index in [-0.39, 0.29) is 35.6 Å². The number of nitrogens with zero attached hydrogens (tertiary/aromatic N) is 2. The van der Waals surface area contributed by atoms with Gasteiger partial charge in [0, 0.05) is 38.1 Å². The van der Waals surface area contributed by atoms with Crippen LogP contribution in [0.15, 0.2) is 34.9 Å². The van der Waals surface area contributed by atoms with Crippen LogP contribution in [0.25, 0.3) is 0 Å². The van der Waals surface area contributed by atoms with Crippen molar-refractivity contribution in [2.45, 2.75) is 58.2 Å². The van der Waals surface area contributed by atoms with Gasteiger partial charge in [-0.25, -0.2) is 0 Å². The van der Waals surface area contributed by atoms with Crippen molar-refractivity contribution in [3.63, 3.8) is 0 Å². The first-order valence-corrected chi connectivity index (χ1v) is 10.6. The second kappa shape index (κ2) is 8.60. The smallest absolute Gasteiger partial charge is 0.273 e. The number of aryl methyl sites for hydroxylation is 1. The predicted octanol–water partition coefficient (Wildman–Crippen LogP) is 3.22. The molecule has 2 aromatic rings. The van der Waals surface area contributed by atoms with Crippen molar-refractivity contribution in [3.05, 3.63) is 52.9 Å². The third kappa shape index (κ3) is 3.86. The van der Waals surface area contributed by atoms with Crippen LogP contribution in [-0.4, -0.2) is 41.6 Å². The summed E-state index contributed by atoms with van der Waals surface area (Å²) in [4.78, 5) is 27.6. The van der Waals surface area contributed by atoms with Crippen molar-refractivity contribution >= 4 is 11.8 Å². The highest BCUT2D eigenvalue weighted by atomic mass is 16.5. The summed E-state index contributed by atoms with van der Waals surface area (Å²) in [6.45, 7) is 3.22. The molecule has 2 atom stereocenters. The molecule has 1 N–H and O–H groups in total. The largest absolute Gasteiger partial charge is 0.380 e. The quantitative estimate of drug-likeness (QED) is 0.756. The van der Waals surface area contributed by atoms with Gasteiger partial charge in [0.05, 0.1) is 12.2 Å². The lowest BCUT2D eigenvalue weighted by molar-refractivity contribution is -0.142. The summed E-state index contributed by atoms with van der Waals surface area (Å²) in [7, 11) is 1.58. The van der Waals surface area contributed by atoms with Crippen LogP contribution in [0.5, 0.6) is 0 Å². The maximum Gasteiger partial charge on any atom is 0.273 e. The number of methoxy groups -OCH3 is 1. The standard InChI is InChI=1S/C23H29N3O4/c1-16-18(14-29-2)21(25-30-16)22(28)24-15-23-11-6-9-19(23)26(20(27)10-12-23)13-17-7-4-3-5-8-17/h3-5,7-8,19H,6,9-15H2,1-2H3,(H,24,28)/t19-,23+/m1/s1. The third-order valence-electron chi connectivity index (χ3n) is 6.68. The van der Waals surface area contributed by atoms with Gasteiger partial charge in [-0.15, -0.1) is 0 Å². The van der Waals surface area contributed by atoms with Crippen molar-refractivity contribution in [2.24, 2.45) is 5.41 Å². The van der Waals surface area contributed by atoms with Crippen LogP contribution >= 0.6 is 0 Å². The van der Waals surface area contributed by atoms with Crippen LogP contribution in [0.1, 0.15) is 59.5 Å². The van der Waals surface area contributed by atoms with Gasteiger partial charge < -0.3 is 19.5 Å². The maximum absolute atomic E-state index is 12.8. The summed E-state index contributed by atoms with van der Waals surface area (Å²) in [5, 5.41) is 7.02. The molecule has 7 nitrogen and oxygen atoms in total. The molecule has 0 bridgehead atoms. The summed E-state index contributed by atoms with van der Waals surface area (Å²) in [5.74, 6) is 0.559. The Morgan fingerprint density at radius 3 is 2.90 bits per heavy atom. The number of hydrogen-bond acceptors (Lipinski definition) is 5. The number of nitrogens with one attached hydrogen (secondary N) is 1. The minimum Gasteiger partial charge on any atom is -0.380 e. The van der Waals surface area contributed by atoms with Crippen LogP contribution in [0.3, 0.4) is 0 Å². The highest BCUT2D eigenvalue weighted by Gasteiger charge is 2.50. The molecular weight excluding hydrogens is 382 g/mol. The summed E-state index contributed by atoms with van der Waals surface area (Å²) < 4.78 is 10.4. The van der Waals surface area contributed by atoms with Gasteiger partial charge in [-0.05, 0) is 31.7 Å². The zero-order valence-corrected chi connectivity index (χ0v) is 17.6. The topological polar surface area (TPSA) is 84.7 Å². The van der Waals surface area contributed by atoms with E-state index in [0.29, 0.717) is 30.8 Å². The fourth-order valence-electron chi connectivity index (χ4n) is 5.07. The van der Waals surface area contributed by atoms with E-state index in [4.69, 9.17) is 9.26 Å². The van der Waals surface area contributed by atoms with Gasteiger partial charge in [0.25, 0.3) is 5.91 Å². The molecule has 2 aliphatic rings. The first-order chi connectivity index (χ1) is 14.5. The second-order valence-corrected chi connectivity index (χ2v) is 8.46. The Morgan fingerprint density at radius 1 is 1.33 bits per heavy atom. The highest BCUT2D eigenvalue weighted by molar-refractivity contribution is 5.93. The minimum absolute atomic E-state index is 0.0848. The molecule has 0 radical (unpaired) electrons. The van der Waals surface area contributed by atoms with Crippen LogP contribution in [0.2, 0.25) is 0 Å². The molecular formula is C23H29N3O4. The molecule has 0 spiro atoms. The molecule has 1 aromatic heterocycles. The first kappa shape index (κ1) is 20.6. The predicted molar refractivity (Wildman–Crippen MR) is 111 cm³/mol. The fourth-order valence-corrected chi connectivity index (χ4v) is 5.07. The molecule has 1 saturated carbocycles. The molecule has 0 unspecified atom stereocenters. The number of likely N-dealkylation sites (tertiary alicyclic amines) is 1. The third-order valence-corrected chi connectivity index (χ3v) is 6.68. The van der Waals surface area contributed by atoms with Gasteiger partial charge >= 0.3 is 0 Å². The molecule has 1 saturated heterocycles. The molecule has 4 rings (SSSR count). The van der Waals surface area contributed by atoms with Gasteiger partial charge in [0.1, 0.15) is 5.76 Å². The second-order valence-electron chi connectivity index (χ2n) is 8.46. The lowest BCUT2D eigenvalue weighted by Gasteiger charge is -2.46. The lowest BCUT2D eigenvalue weighted by atomic mass is 9.74. The number of amides is 2. The van der Waals surface area contributed by atoms with Crippen molar-refractivity contribution in [3.8, 4) is 0 Å². The van der Waals surface area contributed by atoms with E-state index in [9.17, 15) is 9.59 Å². The van der Waals surface area contributed by atoms with E-state index >= 15 is 0 Å². The highest BCUT2D eigenvalue weighted by Crippen LogP contribution is 2.48. The Morgan fingerprint density at radius 2 is 2.13 bits per heavy atom. The molecule has 1 aliphatic carbocycles. The Balaban J connectivity index is 1.49. The van der Waals surface area contributed by atoms with Crippen molar-refractivity contribution in [1.82, 2.24) is 15.4 Å². The average molecular weight is 412 g/mol. The summed E-state index contributed by atoms with van der Waals surface area (Å²) in [6, 6.07) is 10.3. The first-order valence-electron chi connectivity index (χ1n) is 10.6. The number of carbonyl (C=O) groups is 2. The van der Waals surface area contributed by atoms with Crippen LogP contribution in [0, 0.1) is 12.3 Å². The number of aromatic nitrogens is 1. The number of piperidine rings is 1. The van der Waals surface area contributed by atoms with Crippen molar-refractivity contribution in [2.75, 3.05) is 13.7 Å². The van der Waals surface area contributed by atoms with Crippen molar-refractivity contribution < 1.29 is 18.8 Å². The van der Waals surface area contributed by atoms with E-state index in [1.54, 1.807) is 14.0 Å². The summed E-state index contributed by atoms with van der Waals surface area (Å²) >= 11 is 0. The SMILES string of the molecule is COCc1c(C(=O)NC[C@@]23CCC[C@H]2N(Cc2ccccc2)C(=O)CC3)noc1C. The molecule has 2 heterocycles. The van der Waals surface area contributed by atoms with Gasteiger partial charge in [-0.1, -0.05) is 41.9 Å². The lowest BCUT2D eigenvalue weighted by Crippen LogP contribution is -2.55. The molecule has 7 heteroatoms. The van der Waals surface area contributed by atoms with Gasteiger partial charge in [-0.2, -0.15) is 0 Å². The number of carbonyl (C=O) groups excluding carboxylic acids is 2. The number of fused-ring (bicyclic) bond motifs is 1. The number of ether oxygens (including phenoxy) is 1. The molecule has 2 fully saturated rings. The number of rotatable bonds is 7. The van der Waals surface area contributed by atoms with E-state index < -0.39 is 0 Å². The van der Waals surface area contributed by atoms with Gasteiger partial charge in [0.2, 0.25) is 5.91 Å². The van der Waals surface area contributed by atoms with Gasteiger partial charge in [0.15, 0.2) is 5.69 Å². The molecule has 1 aromatic carbocycles.